The minimum absolute atomic E-state index is 0.125. The molecule has 4 rings (SSSR count). The Labute approximate surface area is 213 Å². The second-order valence-electron chi connectivity index (χ2n) is 11.7. The molecule has 1 saturated carbocycles. The van der Waals surface area contributed by atoms with Crippen LogP contribution < -0.4 is 0 Å². The molecule has 0 radical (unpaired) electrons. The zero-order valence-electron chi connectivity index (χ0n) is 22.0. The van der Waals surface area contributed by atoms with E-state index >= 15 is 0 Å². The van der Waals surface area contributed by atoms with E-state index in [4.69, 9.17) is 28.4 Å². The number of hydrogen-bond donors (Lipinski definition) is 0. The van der Waals surface area contributed by atoms with Crippen LogP contribution in [0.1, 0.15) is 59.3 Å². The molecule has 0 atom stereocenters. The lowest BCUT2D eigenvalue weighted by atomic mass is 9.75. The quantitative estimate of drug-likeness (QED) is 0.289. The summed E-state index contributed by atoms with van der Waals surface area (Å²) in [6.45, 7) is 10.5. The highest BCUT2D eigenvalue weighted by Crippen LogP contribution is 2.39. The van der Waals surface area contributed by atoms with E-state index in [1.807, 2.05) is 0 Å². The number of hydrogen-bond acceptors (Lipinski definition) is 9. The van der Waals surface area contributed by atoms with Crippen molar-refractivity contribution in [3.8, 4) is 0 Å². The lowest BCUT2D eigenvalue weighted by molar-refractivity contribution is -0.183. The molecule has 9 nitrogen and oxygen atoms in total. The van der Waals surface area contributed by atoms with Crippen molar-refractivity contribution >= 4 is 17.9 Å². The van der Waals surface area contributed by atoms with E-state index < -0.39 is 17.8 Å². The highest BCUT2D eigenvalue weighted by molar-refractivity contribution is 5.80. The molecule has 204 valence electrons. The van der Waals surface area contributed by atoms with Crippen molar-refractivity contribution < 1.29 is 42.8 Å². The van der Waals surface area contributed by atoms with E-state index in [1.54, 1.807) is 0 Å². The summed E-state index contributed by atoms with van der Waals surface area (Å²) in [7, 11) is 0. The van der Waals surface area contributed by atoms with Crippen molar-refractivity contribution in [3.05, 3.63) is 0 Å². The topological polar surface area (TPSA) is 107 Å². The fraction of sp³-hybridized carbons (Fsp3) is 0.889. The van der Waals surface area contributed by atoms with Gasteiger partial charge in [0.05, 0.1) is 73.6 Å². The number of esters is 3. The maximum absolute atomic E-state index is 13.1. The molecule has 3 heterocycles. The summed E-state index contributed by atoms with van der Waals surface area (Å²) in [5.41, 5.74) is -0.376. The largest absolute Gasteiger partial charge is 0.465 e. The molecule has 9 heteroatoms. The van der Waals surface area contributed by atoms with E-state index in [0.29, 0.717) is 78.7 Å². The number of carbonyl (C=O) groups excluding carboxylic acids is 3. The first kappa shape index (κ1) is 27.3. The Bertz CT molecular complexity index is 670. The van der Waals surface area contributed by atoms with Crippen molar-refractivity contribution in [2.45, 2.75) is 59.3 Å². The monoisotopic (exact) mass is 510 g/mol. The molecular weight excluding hydrogens is 468 g/mol. The smallest absolute Gasteiger partial charge is 0.309 e. The van der Waals surface area contributed by atoms with Crippen LogP contribution in [0.15, 0.2) is 0 Å². The van der Waals surface area contributed by atoms with Gasteiger partial charge < -0.3 is 28.4 Å². The molecule has 0 amide bonds. The minimum Gasteiger partial charge on any atom is -0.465 e. The molecule has 3 saturated heterocycles. The number of carbonyl (C=O) groups is 3. The van der Waals surface area contributed by atoms with Crippen molar-refractivity contribution in [2.24, 2.45) is 34.0 Å². The Morgan fingerprint density at radius 2 is 0.806 bits per heavy atom. The molecule has 36 heavy (non-hydrogen) atoms. The first-order valence-electron chi connectivity index (χ1n) is 13.5. The Balaban J connectivity index is 1.38. The van der Waals surface area contributed by atoms with Crippen LogP contribution in [0, 0.1) is 34.0 Å². The molecule has 3 aliphatic heterocycles. The molecule has 0 spiro atoms. The van der Waals surface area contributed by atoms with Gasteiger partial charge in [0, 0.05) is 0 Å². The van der Waals surface area contributed by atoms with Crippen LogP contribution in [0.25, 0.3) is 0 Å². The third-order valence-corrected chi connectivity index (χ3v) is 8.97. The van der Waals surface area contributed by atoms with Gasteiger partial charge >= 0.3 is 17.9 Å². The van der Waals surface area contributed by atoms with Gasteiger partial charge in [0.25, 0.3) is 0 Å². The van der Waals surface area contributed by atoms with Crippen LogP contribution in [0.5, 0.6) is 0 Å². The summed E-state index contributed by atoms with van der Waals surface area (Å²) < 4.78 is 33.1. The van der Waals surface area contributed by atoms with Crippen molar-refractivity contribution in [1.29, 1.82) is 0 Å². The van der Waals surface area contributed by atoms with Gasteiger partial charge in [-0.2, -0.15) is 0 Å². The second-order valence-corrected chi connectivity index (χ2v) is 11.7. The van der Waals surface area contributed by atoms with Gasteiger partial charge in [-0.3, -0.25) is 14.4 Å². The highest BCUT2D eigenvalue weighted by atomic mass is 16.6. The van der Waals surface area contributed by atoms with E-state index in [0.717, 1.165) is 19.3 Å². The van der Waals surface area contributed by atoms with Gasteiger partial charge in [-0.25, -0.2) is 0 Å². The first-order chi connectivity index (χ1) is 17.3. The van der Waals surface area contributed by atoms with Gasteiger partial charge in [0.2, 0.25) is 0 Å². The maximum atomic E-state index is 13.1. The molecule has 0 N–H and O–H groups in total. The summed E-state index contributed by atoms with van der Waals surface area (Å²) in [6.07, 6.45) is 3.54. The zero-order chi connectivity index (χ0) is 25.8. The minimum atomic E-state index is -0.553. The van der Waals surface area contributed by atoms with Crippen LogP contribution in [-0.4, -0.2) is 77.4 Å². The first-order valence-corrected chi connectivity index (χ1v) is 13.5. The molecule has 4 aliphatic rings. The molecule has 4 fully saturated rings. The van der Waals surface area contributed by atoms with E-state index in [1.165, 1.54) is 0 Å². The molecule has 0 bridgehead atoms. The standard InChI is InChI=1S/C27H42O9/c1-4-25(10-31-11-25)16-34-22(28)19-7-20(23(29)35-17-26(5-2)12-32-13-26)9-21(8-19)24(30)36-18-27(6-3)14-33-15-27/h19-21H,4-18H2,1-3H3. The average Bonchev–Trinajstić information content (AvgIpc) is 2.82. The van der Waals surface area contributed by atoms with E-state index in [9.17, 15) is 14.4 Å². The van der Waals surface area contributed by atoms with Crippen molar-refractivity contribution in [1.82, 2.24) is 0 Å². The number of ether oxygens (including phenoxy) is 6. The van der Waals surface area contributed by atoms with Gasteiger partial charge in [-0.15, -0.1) is 0 Å². The van der Waals surface area contributed by atoms with E-state index in [2.05, 4.69) is 20.8 Å². The van der Waals surface area contributed by atoms with Crippen molar-refractivity contribution in [3.63, 3.8) is 0 Å². The number of rotatable bonds is 12. The molecule has 0 unspecified atom stereocenters. The van der Waals surface area contributed by atoms with Crippen LogP contribution in [0.3, 0.4) is 0 Å². The van der Waals surface area contributed by atoms with Gasteiger partial charge in [-0.05, 0) is 38.5 Å². The lowest BCUT2D eigenvalue weighted by Gasteiger charge is -2.41. The average molecular weight is 511 g/mol. The Hall–Kier alpha value is -1.71. The van der Waals surface area contributed by atoms with Crippen LogP contribution in [0.4, 0.5) is 0 Å². The van der Waals surface area contributed by atoms with Crippen LogP contribution >= 0.6 is 0 Å². The molecule has 0 aromatic heterocycles. The molecule has 0 aromatic rings. The molecule has 0 aromatic carbocycles. The fourth-order valence-corrected chi connectivity index (χ4v) is 5.26. The fourth-order valence-electron chi connectivity index (χ4n) is 5.26. The predicted octanol–water partition coefficient (Wildman–Crippen LogP) is 2.93. The SMILES string of the molecule is CCC1(COC(=O)C2CC(C(=O)OCC3(CC)COC3)CC(C(=O)OCC3(CC)COC3)C2)COC1. The molecule has 1 aliphatic carbocycles. The van der Waals surface area contributed by atoms with Crippen molar-refractivity contribution in [2.75, 3.05) is 59.5 Å². The third kappa shape index (κ3) is 5.89. The van der Waals surface area contributed by atoms with Crippen LogP contribution in [0.2, 0.25) is 0 Å². The highest BCUT2D eigenvalue weighted by Gasteiger charge is 2.45. The predicted molar refractivity (Wildman–Crippen MR) is 128 cm³/mol. The zero-order valence-corrected chi connectivity index (χ0v) is 22.0. The summed E-state index contributed by atoms with van der Waals surface area (Å²) >= 11 is 0. The van der Waals surface area contributed by atoms with E-state index in [-0.39, 0.29) is 34.2 Å². The Morgan fingerprint density at radius 3 is 0.972 bits per heavy atom. The maximum Gasteiger partial charge on any atom is 0.309 e. The van der Waals surface area contributed by atoms with Gasteiger partial charge in [-0.1, -0.05) is 20.8 Å². The third-order valence-electron chi connectivity index (χ3n) is 8.97. The summed E-state index contributed by atoms with van der Waals surface area (Å²) in [4.78, 5) is 39.2. The normalized spacial score (nSPS) is 29.6. The van der Waals surface area contributed by atoms with Gasteiger partial charge in [0.1, 0.15) is 19.8 Å². The summed E-state index contributed by atoms with van der Waals surface area (Å²) in [6, 6.07) is 0. The summed E-state index contributed by atoms with van der Waals surface area (Å²) in [5, 5.41) is 0. The Kier molecular flexibility index (Phi) is 8.62. The van der Waals surface area contributed by atoms with Gasteiger partial charge in [0.15, 0.2) is 0 Å². The lowest BCUT2D eigenvalue weighted by Crippen LogP contribution is -2.48. The second kappa shape index (κ2) is 11.4. The summed E-state index contributed by atoms with van der Waals surface area (Å²) in [5.74, 6) is -2.74. The van der Waals surface area contributed by atoms with Crippen LogP contribution in [-0.2, 0) is 42.8 Å². The molecular formula is C27H42O9. The Morgan fingerprint density at radius 1 is 0.556 bits per heavy atom.